The van der Waals surface area contributed by atoms with Crippen LogP contribution in [-0.2, 0) is 23.7 Å². The highest BCUT2D eigenvalue weighted by Crippen LogP contribution is 2.28. The van der Waals surface area contributed by atoms with Crippen molar-refractivity contribution in [3.63, 3.8) is 0 Å². The number of nitrogens with two attached hydrogens (primary N) is 1. The van der Waals surface area contributed by atoms with E-state index in [9.17, 15) is 13.5 Å². The Morgan fingerprint density at radius 3 is 2.69 bits per heavy atom. The Hall–Kier alpha value is -3.54. The first-order chi connectivity index (χ1) is 15.2. The Morgan fingerprint density at radius 2 is 1.97 bits per heavy atom. The maximum Gasteiger partial charge on any atom is 0.238 e. The van der Waals surface area contributed by atoms with Gasteiger partial charge in [0.25, 0.3) is 0 Å². The Bertz CT molecular complexity index is 1420. The molecule has 0 saturated carbocycles. The highest BCUT2D eigenvalue weighted by molar-refractivity contribution is 7.89. The summed E-state index contributed by atoms with van der Waals surface area (Å²) in [7, 11) is -0.175. The van der Waals surface area contributed by atoms with Crippen molar-refractivity contribution >= 4 is 44.1 Å². The highest BCUT2D eigenvalue weighted by Gasteiger charge is 2.14. The summed E-state index contributed by atoms with van der Waals surface area (Å²) >= 11 is 0. The summed E-state index contributed by atoms with van der Waals surface area (Å²) < 4.78 is 25.2. The number of nitrogens with zero attached hydrogens (tertiary/aromatic N) is 5. The smallest absolute Gasteiger partial charge is 0.238 e. The molecule has 11 heteroatoms. The van der Waals surface area contributed by atoms with Crippen LogP contribution in [0.3, 0.4) is 0 Å². The van der Waals surface area contributed by atoms with E-state index in [1.165, 1.54) is 6.07 Å². The monoisotopic (exact) mass is 453 g/mol. The number of rotatable bonds is 6. The molecule has 4 N–H and O–H groups in total. The molecule has 10 nitrogen and oxygen atoms in total. The van der Waals surface area contributed by atoms with E-state index >= 15 is 0 Å². The molecule has 0 aliphatic rings. The number of hydrogen-bond acceptors (Lipinski definition) is 8. The van der Waals surface area contributed by atoms with Crippen molar-refractivity contribution in [2.75, 3.05) is 17.3 Å². The van der Waals surface area contributed by atoms with Gasteiger partial charge in [-0.3, -0.25) is 4.68 Å². The fourth-order valence-corrected chi connectivity index (χ4v) is 4.29. The lowest BCUT2D eigenvalue weighted by Crippen LogP contribution is -2.14. The molecule has 32 heavy (non-hydrogen) atoms. The van der Waals surface area contributed by atoms with Crippen LogP contribution in [0.5, 0.6) is 0 Å². The number of benzene rings is 2. The fraction of sp³-hybridized carbons (Fsp3) is 0.190. The largest absolute Gasteiger partial charge is 0.390 e. The van der Waals surface area contributed by atoms with Gasteiger partial charge in [-0.15, -0.1) is 0 Å². The van der Waals surface area contributed by atoms with Crippen LogP contribution in [0, 0.1) is 6.92 Å². The molecule has 0 atom stereocenters. The second-order valence-electron chi connectivity index (χ2n) is 7.38. The number of anilines is 4. The van der Waals surface area contributed by atoms with Crippen LogP contribution in [0.4, 0.5) is 23.1 Å². The predicted molar refractivity (Wildman–Crippen MR) is 123 cm³/mol. The number of nitrogens with one attached hydrogen (secondary N) is 1. The lowest BCUT2D eigenvalue weighted by Gasteiger charge is -2.19. The molecule has 0 radical (unpaired) electrons. The molecule has 0 bridgehead atoms. The third-order valence-electron chi connectivity index (χ3n) is 5.21. The molecule has 0 unspecified atom stereocenters. The van der Waals surface area contributed by atoms with E-state index in [2.05, 4.69) is 20.4 Å². The second kappa shape index (κ2) is 8.19. The van der Waals surface area contributed by atoms with Crippen LogP contribution in [0.1, 0.15) is 11.3 Å². The first kappa shape index (κ1) is 21.7. The second-order valence-corrected chi connectivity index (χ2v) is 8.91. The zero-order valence-electron chi connectivity index (χ0n) is 17.8. The van der Waals surface area contributed by atoms with Crippen molar-refractivity contribution in [2.24, 2.45) is 12.2 Å². The quantitative estimate of drug-likeness (QED) is 0.404. The number of aliphatic hydroxyl groups is 1. The number of aliphatic hydroxyl groups excluding tert-OH is 1. The Labute approximate surface area is 185 Å². The molecular weight excluding hydrogens is 430 g/mol. The van der Waals surface area contributed by atoms with Crippen LogP contribution < -0.4 is 15.4 Å². The minimum absolute atomic E-state index is 0.0432. The van der Waals surface area contributed by atoms with Gasteiger partial charge in [-0.2, -0.15) is 10.1 Å². The first-order valence-corrected chi connectivity index (χ1v) is 11.3. The van der Waals surface area contributed by atoms with Crippen molar-refractivity contribution in [3.05, 3.63) is 59.9 Å². The average Bonchev–Trinajstić information content (AvgIpc) is 3.08. The van der Waals surface area contributed by atoms with Crippen molar-refractivity contribution in [2.45, 2.75) is 18.4 Å². The van der Waals surface area contributed by atoms with Gasteiger partial charge in [-0.1, -0.05) is 6.07 Å². The lowest BCUT2D eigenvalue weighted by molar-refractivity contribution is 0.272. The van der Waals surface area contributed by atoms with Gasteiger partial charge in [-0.25, -0.2) is 18.5 Å². The normalized spacial score (nSPS) is 11.7. The Balaban J connectivity index is 1.63. The molecule has 2 aromatic carbocycles. The van der Waals surface area contributed by atoms with Crippen molar-refractivity contribution < 1.29 is 13.5 Å². The summed E-state index contributed by atoms with van der Waals surface area (Å²) in [5.74, 6) is 0.930. The van der Waals surface area contributed by atoms with Crippen LogP contribution in [0.25, 0.3) is 10.9 Å². The standard InChI is InChI=1S/C21H23N7O3S/c1-13-4-5-14(10-19(13)32(22,30)31)24-21-23-9-8-20(25-21)27(2)15-6-7-16-17(11-15)26-28(3)18(16)12-29/h4-11,29H,12H2,1-3H3,(H2,22,30,31)(H,23,24,25). The van der Waals surface area contributed by atoms with E-state index in [1.54, 1.807) is 43.0 Å². The zero-order chi connectivity index (χ0) is 23.0. The van der Waals surface area contributed by atoms with Crippen LogP contribution in [0.15, 0.2) is 53.6 Å². The maximum absolute atomic E-state index is 11.8. The summed E-state index contributed by atoms with van der Waals surface area (Å²) in [5.41, 5.74) is 3.44. The van der Waals surface area contributed by atoms with Gasteiger partial charge in [0.2, 0.25) is 16.0 Å². The number of aryl methyl sites for hydroxylation is 2. The number of primary sulfonamides is 1. The van der Waals surface area contributed by atoms with Crippen LogP contribution in [-0.4, -0.2) is 40.3 Å². The Kier molecular flexibility index (Phi) is 5.55. The van der Waals surface area contributed by atoms with Gasteiger partial charge >= 0.3 is 0 Å². The topological polar surface area (TPSA) is 139 Å². The fourth-order valence-electron chi connectivity index (χ4n) is 3.48. The van der Waals surface area contributed by atoms with Crippen LogP contribution in [0.2, 0.25) is 0 Å². The summed E-state index contributed by atoms with van der Waals surface area (Å²) in [6.45, 7) is 1.59. The number of fused-ring (bicyclic) bond motifs is 1. The van der Waals surface area contributed by atoms with Gasteiger partial charge in [0.15, 0.2) is 0 Å². The summed E-state index contributed by atoms with van der Waals surface area (Å²) in [6, 6.07) is 12.4. The molecule has 166 valence electrons. The molecular formula is C21H23N7O3S. The zero-order valence-corrected chi connectivity index (χ0v) is 18.6. The van der Waals surface area contributed by atoms with Gasteiger partial charge < -0.3 is 15.3 Å². The van der Waals surface area contributed by atoms with E-state index in [0.717, 1.165) is 22.3 Å². The number of sulfonamides is 1. The summed E-state index contributed by atoms with van der Waals surface area (Å²) in [6.07, 6.45) is 1.61. The van der Waals surface area contributed by atoms with E-state index in [1.807, 2.05) is 30.1 Å². The Morgan fingerprint density at radius 1 is 1.19 bits per heavy atom. The average molecular weight is 454 g/mol. The van der Waals surface area contributed by atoms with Crippen molar-refractivity contribution in [1.29, 1.82) is 0 Å². The molecule has 0 aliphatic heterocycles. The van der Waals surface area contributed by atoms with Crippen LogP contribution >= 0.6 is 0 Å². The molecule has 0 aliphatic carbocycles. The summed E-state index contributed by atoms with van der Waals surface area (Å²) in [5, 5.41) is 23.2. The SMILES string of the molecule is Cc1ccc(Nc2nccc(N(C)c3ccc4c(CO)n(C)nc4c3)n2)cc1S(N)(=O)=O. The van der Waals surface area contributed by atoms with Crippen molar-refractivity contribution in [3.8, 4) is 0 Å². The van der Waals surface area contributed by atoms with E-state index in [-0.39, 0.29) is 11.5 Å². The highest BCUT2D eigenvalue weighted by atomic mass is 32.2. The molecule has 4 rings (SSSR count). The molecule has 2 heterocycles. The lowest BCUT2D eigenvalue weighted by atomic mass is 10.2. The third kappa shape index (κ3) is 4.13. The van der Waals surface area contributed by atoms with Gasteiger partial charge in [-0.05, 0) is 48.9 Å². The number of aromatic nitrogens is 4. The molecule has 0 fully saturated rings. The summed E-state index contributed by atoms with van der Waals surface area (Å²) in [4.78, 5) is 10.7. The first-order valence-electron chi connectivity index (χ1n) is 9.71. The predicted octanol–water partition coefficient (Wildman–Crippen LogP) is 2.32. The van der Waals surface area contributed by atoms with Gasteiger partial charge in [0.1, 0.15) is 5.82 Å². The van der Waals surface area contributed by atoms with Crippen molar-refractivity contribution in [1.82, 2.24) is 19.7 Å². The van der Waals surface area contributed by atoms with E-state index in [4.69, 9.17) is 5.14 Å². The van der Waals surface area contributed by atoms with Gasteiger partial charge in [0, 0.05) is 37.1 Å². The molecule has 0 saturated heterocycles. The van der Waals surface area contributed by atoms with Gasteiger partial charge in [0.05, 0.1) is 22.7 Å². The minimum Gasteiger partial charge on any atom is -0.390 e. The maximum atomic E-state index is 11.8. The third-order valence-corrected chi connectivity index (χ3v) is 6.27. The van der Waals surface area contributed by atoms with E-state index < -0.39 is 10.0 Å². The minimum atomic E-state index is -3.84. The number of hydrogen-bond donors (Lipinski definition) is 3. The molecule has 4 aromatic rings. The van der Waals surface area contributed by atoms with E-state index in [0.29, 0.717) is 23.0 Å². The molecule has 0 spiro atoms. The molecule has 0 amide bonds. The molecule has 2 aromatic heterocycles.